The Labute approximate surface area is 159 Å². The molecular weight excluding hydrogens is 410 g/mol. The number of phenolic OH excluding ortho intramolecular Hbond substituents is 1. The van der Waals surface area contributed by atoms with Gasteiger partial charge in [0, 0.05) is 11.1 Å². The second-order valence-corrected chi connectivity index (χ2v) is 8.51. The highest BCUT2D eigenvalue weighted by Gasteiger charge is 2.22. The van der Waals surface area contributed by atoms with E-state index in [1.807, 2.05) is 0 Å². The van der Waals surface area contributed by atoms with Crippen molar-refractivity contribution < 1.29 is 31.0 Å². The zero-order chi connectivity index (χ0) is 20.7. The van der Waals surface area contributed by atoms with Gasteiger partial charge in [-0.25, -0.2) is 0 Å². The molecule has 0 fully saturated rings. The maximum Gasteiger partial charge on any atom is 0.296 e. The Morgan fingerprint density at radius 2 is 1.57 bits per heavy atom. The number of nitrogen functional groups attached to an aromatic ring is 1. The Kier molecular flexibility index (Phi) is 4.81. The summed E-state index contributed by atoms with van der Waals surface area (Å²) in [6.45, 7) is 0. The smallest absolute Gasteiger partial charge is 0.296 e. The number of nitrogens with two attached hydrogens (primary N) is 1. The molecule has 3 rings (SSSR count). The van der Waals surface area contributed by atoms with Crippen molar-refractivity contribution in [1.82, 2.24) is 0 Å². The fraction of sp³-hybridized carbons (Fsp3) is 0. The van der Waals surface area contributed by atoms with Gasteiger partial charge in [0.15, 0.2) is 5.75 Å². The van der Waals surface area contributed by atoms with E-state index in [0.29, 0.717) is 5.69 Å². The number of nitrogens with zero attached hydrogens (tertiary/aromatic N) is 2. The van der Waals surface area contributed by atoms with Crippen LogP contribution >= 0.6 is 0 Å². The lowest BCUT2D eigenvalue weighted by molar-refractivity contribution is 0.472. The zero-order valence-corrected chi connectivity index (χ0v) is 15.5. The van der Waals surface area contributed by atoms with E-state index in [2.05, 4.69) is 10.2 Å². The Hall–Kier alpha value is -3.06. The monoisotopic (exact) mass is 423 g/mol. The van der Waals surface area contributed by atoms with Crippen molar-refractivity contribution >= 4 is 48.1 Å². The molecule has 12 heteroatoms. The molecule has 0 aliphatic rings. The molecule has 0 spiro atoms. The van der Waals surface area contributed by atoms with Crippen LogP contribution in [0.15, 0.2) is 68.6 Å². The lowest BCUT2D eigenvalue weighted by atomic mass is 10.1. The molecule has 0 heterocycles. The minimum atomic E-state index is -4.79. The maximum atomic E-state index is 11.7. The molecule has 0 saturated heterocycles. The van der Waals surface area contributed by atoms with E-state index in [-0.39, 0.29) is 16.5 Å². The molecule has 146 valence electrons. The molecule has 28 heavy (non-hydrogen) atoms. The maximum absolute atomic E-state index is 11.7. The summed E-state index contributed by atoms with van der Waals surface area (Å²) in [7, 11) is -9.27. The van der Waals surface area contributed by atoms with Crippen LogP contribution in [-0.2, 0) is 20.2 Å². The number of fused-ring (bicyclic) bond motifs is 1. The standard InChI is InChI=1S/C16H13N3O7S2/c17-10-4-5-13-9(6-10)7-14(28(24,25)26)15(16(13)20)19-18-11-2-1-3-12(8-11)27(21,22)23/h1-8,20H,17H2,(H,21,22,23)(H,24,25,26). The topological polar surface area (TPSA) is 180 Å². The van der Waals surface area contributed by atoms with Gasteiger partial charge < -0.3 is 10.8 Å². The van der Waals surface area contributed by atoms with E-state index in [4.69, 9.17) is 10.3 Å². The summed E-state index contributed by atoms with van der Waals surface area (Å²) in [6.07, 6.45) is 0. The summed E-state index contributed by atoms with van der Waals surface area (Å²) in [4.78, 5) is -1.16. The Morgan fingerprint density at radius 3 is 2.21 bits per heavy atom. The number of hydrogen-bond donors (Lipinski definition) is 4. The third-order valence-electron chi connectivity index (χ3n) is 3.73. The zero-order valence-electron chi connectivity index (χ0n) is 13.9. The molecule has 0 bridgehead atoms. The van der Waals surface area contributed by atoms with Crippen LogP contribution in [-0.4, -0.2) is 31.0 Å². The van der Waals surface area contributed by atoms with E-state index in [0.717, 1.165) is 18.2 Å². The van der Waals surface area contributed by atoms with Crippen LogP contribution in [0.3, 0.4) is 0 Å². The molecule has 0 aromatic heterocycles. The fourth-order valence-corrected chi connectivity index (χ4v) is 3.66. The summed E-state index contributed by atoms with van der Waals surface area (Å²) >= 11 is 0. The van der Waals surface area contributed by atoms with Crippen molar-refractivity contribution in [2.75, 3.05) is 5.73 Å². The van der Waals surface area contributed by atoms with Gasteiger partial charge >= 0.3 is 0 Å². The first-order valence-electron chi connectivity index (χ1n) is 7.49. The Morgan fingerprint density at radius 1 is 0.857 bits per heavy atom. The number of azo groups is 1. The third-order valence-corrected chi connectivity index (χ3v) is 5.45. The van der Waals surface area contributed by atoms with Crippen LogP contribution in [0.2, 0.25) is 0 Å². The minimum absolute atomic E-state index is 0.0479. The summed E-state index contributed by atoms with van der Waals surface area (Å²) in [6, 6.07) is 10.1. The number of phenols is 1. The summed E-state index contributed by atoms with van der Waals surface area (Å²) in [5.74, 6) is -0.570. The molecule has 0 radical (unpaired) electrons. The van der Waals surface area contributed by atoms with Crippen LogP contribution in [0.25, 0.3) is 10.8 Å². The lowest BCUT2D eigenvalue weighted by Crippen LogP contribution is -1.99. The molecule has 5 N–H and O–H groups in total. The van der Waals surface area contributed by atoms with Gasteiger partial charge in [0.1, 0.15) is 10.6 Å². The molecule has 0 atom stereocenters. The van der Waals surface area contributed by atoms with Gasteiger partial charge in [-0.3, -0.25) is 9.11 Å². The molecule has 3 aromatic rings. The number of benzene rings is 3. The van der Waals surface area contributed by atoms with Crippen molar-refractivity contribution in [1.29, 1.82) is 0 Å². The van der Waals surface area contributed by atoms with Gasteiger partial charge in [-0.2, -0.15) is 21.9 Å². The number of aromatic hydroxyl groups is 1. The first kappa shape index (κ1) is 19.7. The molecule has 3 aromatic carbocycles. The highest BCUT2D eigenvalue weighted by atomic mass is 32.2. The van der Waals surface area contributed by atoms with Gasteiger partial charge in [0.2, 0.25) is 0 Å². The van der Waals surface area contributed by atoms with Crippen LogP contribution in [0, 0.1) is 0 Å². The second-order valence-electron chi connectivity index (χ2n) is 5.70. The van der Waals surface area contributed by atoms with E-state index >= 15 is 0 Å². The molecular formula is C16H13N3O7S2. The van der Waals surface area contributed by atoms with Crippen LogP contribution < -0.4 is 5.73 Å². The van der Waals surface area contributed by atoms with E-state index in [1.54, 1.807) is 0 Å². The number of anilines is 1. The van der Waals surface area contributed by atoms with E-state index in [9.17, 15) is 26.5 Å². The minimum Gasteiger partial charge on any atom is -0.505 e. The van der Waals surface area contributed by atoms with Gasteiger partial charge in [-0.15, -0.1) is 5.11 Å². The molecule has 0 aliphatic carbocycles. The van der Waals surface area contributed by atoms with Crippen molar-refractivity contribution in [3.05, 3.63) is 48.5 Å². The molecule has 0 aliphatic heterocycles. The highest BCUT2D eigenvalue weighted by molar-refractivity contribution is 7.86. The molecule has 0 unspecified atom stereocenters. The summed E-state index contributed by atoms with van der Waals surface area (Å²) in [5.41, 5.74) is 5.37. The summed E-state index contributed by atoms with van der Waals surface area (Å²) in [5, 5.41) is 18.3. The van der Waals surface area contributed by atoms with Crippen molar-refractivity contribution in [3.8, 4) is 5.75 Å². The first-order valence-corrected chi connectivity index (χ1v) is 10.4. The SMILES string of the molecule is Nc1ccc2c(O)c(N=Nc3cccc(S(=O)(=O)O)c3)c(S(=O)(=O)O)cc2c1. The van der Waals surface area contributed by atoms with E-state index < -0.39 is 41.5 Å². The van der Waals surface area contributed by atoms with Crippen LogP contribution in [0.1, 0.15) is 0 Å². The van der Waals surface area contributed by atoms with Crippen LogP contribution in [0.4, 0.5) is 17.1 Å². The fourth-order valence-electron chi connectivity index (χ4n) is 2.48. The number of hydrogen-bond acceptors (Lipinski definition) is 8. The average Bonchev–Trinajstić information content (AvgIpc) is 2.59. The second kappa shape index (κ2) is 6.83. The van der Waals surface area contributed by atoms with Gasteiger partial charge in [0.25, 0.3) is 20.2 Å². The molecule has 0 saturated carbocycles. The average molecular weight is 423 g/mol. The molecule has 0 amide bonds. The van der Waals surface area contributed by atoms with Crippen molar-refractivity contribution in [2.24, 2.45) is 10.2 Å². The first-order chi connectivity index (χ1) is 13.0. The van der Waals surface area contributed by atoms with Gasteiger partial charge in [-0.1, -0.05) is 6.07 Å². The Balaban J connectivity index is 2.21. The summed E-state index contributed by atoms with van der Waals surface area (Å²) < 4.78 is 64.4. The predicted octanol–water partition coefficient (Wildman–Crippen LogP) is 3.04. The highest BCUT2D eigenvalue weighted by Crippen LogP contribution is 2.41. The van der Waals surface area contributed by atoms with Crippen molar-refractivity contribution in [2.45, 2.75) is 9.79 Å². The van der Waals surface area contributed by atoms with Gasteiger partial charge in [0.05, 0.1) is 10.6 Å². The van der Waals surface area contributed by atoms with Crippen LogP contribution in [0.5, 0.6) is 5.75 Å². The molecule has 10 nitrogen and oxygen atoms in total. The Bertz CT molecular complexity index is 1330. The normalized spacial score (nSPS) is 12.6. The quantitative estimate of drug-likeness (QED) is 0.281. The number of rotatable bonds is 4. The van der Waals surface area contributed by atoms with E-state index in [1.165, 1.54) is 30.3 Å². The predicted molar refractivity (Wildman–Crippen MR) is 100 cm³/mol. The third kappa shape index (κ3) is 3.94. The van der Waals surface area contributed by atoms with Gasteiger partial charge in [-0.05, 0) is 47.9 Å². The largest absolute Gasteiger partial charge is 0.505 e. The lowest BCUT2D eigenvalue weighted by Gasteiger charge is -2.09. The van der Waals surface area contributed by atoms with Crippen molar-refractivity contribution in [3.63, 3.8) is 0 Å².